The lowest BCUT2D eigenvalue weighted by Gasteiger charge is -2.27. The van der Waals surface area contributed by atoms with E-state index in [4.69, 9.17) is 0 Å². The lowest BCUT2D eigenvalue weighted by molar-refractivity contribution is 0.401. The van der Waals surface area contributed by atoms with Gasteiger partial charge in [0, 0.05) is 24.3 Å². The van der Waals surface area contributed by atoms with E-state index in [1.807, 2.05) is 12.3 Å². The van der Waals surface area contributed by atoms with Crippen molar-refractivity contribution in [1.29, 1.82) is 0 Å². The van der Waals surface area contributed by atoms with Crippen molar-refractivity contribution in [3.05, 3.63) is 28.3 Å². The van der Waals surface area contributed by atoms with Crippen LogP contribution in [-0.2, 0) is 22.6 Å². The van der Waals surface area contributed by atoms with Crippen molar-refractivity contribution in [2.24, 2.45) is 7.05 Å². The normalized spacial score (nSPS) is 18.2. The van der Waals surface area contributed by atoms with Crippen LogP contribution in [0, 0.1) is 6.92 Å². The number of nitrogens with zero attached hydrogens (tertiary/aromatic N) is 3. The molecular formula is C13H18N4O2S2. The van der Waals surface area contributed by atoms with Crippen LogP contribution >= 0.6 is 11.3 Å². The third kappa shape index (κ3) is 2.75. The molecule has 0 unspecified atom stereocenters. The molecule has 3 rings (SSSR count). The van der Waals surface area contributed by atoms with Gasteiger partial charge in [-0.2, -0.15) is 9.82 Å². The molecule has 6 nitrogen and oxygen atoms in total. The highest BCUT2D eigenvalue weighted by molar-refractivity contribution is 7.89. The topological polar surface area (TPSA) is 76.9 Å². The Morgan fingerprint density at radius 1 is 1.38 bits per heavy atom. The second kappa shape index (κ2) is 5.19. The van der Waals surface area contributed by atoms with Crippen LogP contribution in [0.4, 0.5) is 0 Å². The van der Waals surface area contributed by atoms with E-state index in [2.05, 4.69) is 14.8 Å². The van der Waals surface area contributed by atoms with Gasteiger partial charge in [-0.1, -0.05) is 12.8 Å². The molecule has 8 heteroatoms. The zero-order valence-corrected chi connectivity index (χ0v) is 13.7. The lowest BCUT2D eigenvalue weighted by Crippen LogP contribution is -2.43. The molecule has 0 aromatic carbocycles. The third-order valence-corrected chi connectivity index (χ3v) is 6.37. The number of thiazole rings is 1. The van der Waals surface area contributed by atoms with Crippen molar-refractivity contribution in [3.63, 3.8) is 0 Å². The van der Waals surface area contributed by atoms with Crippen molar-refractivity contribution in [2.75, 3.05) is 0 Å². The Kier molecular flexibility index (Phi) is 3.62. The van der Waals surface area contributed by atoms with Gasteiger partial charge in [-0.15, -0.1) is 11.3 Å². The average Bonchev–Trinajstić information content (AvgIpc) is 3.10. The fourth-order valence-electron chi connectivity index (χ4n) is 2.76. The predicted molar refractivity (Wildman–Crippen MR) is 80.5 cm³/mol. The number of aromatic nitrogens is 3. The third-order valence-electron chi connectivity index (χ3n) is 3.78. The highest BCUT2D eigenvalue weighted by atomic mass is 32.2. The van der Waals surface area contributed by atoms with E-state index >= 15 is 0 Å². The lowest BCUT2D eigenvalue weighted by atomic mass is 10.0. The summed E-state index contributed by atoms with van der Waals surface area (Å²) in [6, 6.07) is 1.51. The van der Waals surface area contributed by atoms with Crippen LogP contribution in [0.15, 0.2) is 22.7 Å². The molecular weight excluding hydrogens is 308 g/mol. The van der Waals surface area contributed by atoms with E-state index in [1.54, 1.807) is 13.2 Å². The number of rotatable bonds is 4. The summed E-state index contributed by atoms with van der Waals surface area (Å²) in [4.78, 5) is 4.51. The SMILES string of the molecule is Cc1csc(C2(NS(=O)(=O)c3ccn(C)n3)CCCC2)n1. The summed E-state index contributed by atoms with van der Waals surface area (Å²) < 4.78 is 29.5. The maximum atomic E-state index is 12.6. The van der Waals surface area contributed by atoms with E-state index in [1.165, 1.54) is 22.1 Å². The molecule has 1 fully saturated rings. The van der Waals surface area contributed by atoms with E-state index in [-0.39, 0.29) is 5.03 Å². The molecule has 0 bridgehead atoms. The van der Waals surface area contributed by atoms with Crippen LogP contribution in [0.25, 0.3) is 0 Å². The minimum absolute atomic E-state index is 0.0598. The van der Waals surface area contributed by atoms with Crippen LogP contribution in [0.3, 0.4) is 0 Å². The summed E-state index contributed by atoms with van der Waals surface area (Å²) in [7, 11) is -1.93. The number of hydrogen-bond donors (Lipinski definition) is 1. The molecule has 114 valence electrons. The minimum Gasteiger partial charge on any atom is -0.274 e. The van der Waals surface area contributed by atoms with Gasteiger partial charge < -0.3 is 0 Å². The predicted octanol–water partition coefficient (Wildman–Crippen LogP) is 1.93. The Morgan fingerprint density at radius 2 is 2.10 bits per heavy atom. The minimum atomic E-state index is -3.64. The van der Waals surface area contributed by atoms with Gasteiger partial charge in [0.2, 0.25) is 0 Å². The first-order valence-electron chi connectivity index (χ1n) is 6.88. The molecule has 0 amide bonds. The Morgan fingerprint density at radius 3 is 2.62 bits per heavy atom. The summed E-state index contributed by atoms with van der Waals surface area (Å²) in [5.74, 6) is 0. The van der Waals surface area contributed by atoms with Crippen molar-refractivity contribution < 1.29 is 8.42 Å². The van der Waals surface area contributed by atoms with Crippen molar-refractivity contribution >= 4 is 21.4 Å². The van der Waals surface area contributed by atoms with Crippen molar-refractivity contribution in [3.8, 4) is 0 Å². The summed E-state index contributed by atoms with van der Waals surface area (Å²) in [5, 5.41) is 6.88. The van der Waals surface area contributed by atoms with Crippen LogP contribution in [0.2, 0.25) is 0 Å². The molecule has 2 heterocycles. The maximum absolute atomic E-state index is 12.6. The largest absolute Gasteiger partial charge is 0.274 e. The van der Waals surface area contributed by atoms with Crippen LogP contribution < -0.4 is 4.72 Å². The van der Waals surface area contributed by atoms with Gasteiger partial charge in [0.1, 0.15) is 5.01 Å². The first-order valence-corrected chi connectivity index (χ1v) is 9.24. The van der Waals surface area contributed by atoms with Crippen LogP contribution in [-0.4, -0.2) is 23.2 Å². The number of hydrogen-bond acceptors (Lipinski definition) is 5. The van der Waals surface area contributed by atoms with Crippen molar-refractivity contribution in [2.45, 2.75) is 43.2 Å². The standard InChI is InChI=1S/C13H18N4O2S2/c1-10-9-20-12(14-10)13(6-3-4-7-13)16-21(18,19)11-5-8-17(2)15-11/h5,8-9,16H,3-4,6-7H2,1-2H3. The average molecular weight is 326 g/mol. The van der Waals surface area contributed by atoms with E-state index in [0.717, 1.165) is 36.4 Å². The molecule has 1 saturated carbocycles. The summed E-state index contributed by atoms with van der Waals surface area (Å²) in [6.45, 7) is 1.93. The molecule has 2 aromatic rings. The molecule has 0 atom stereocenters. The quantitative estimate of drug-likeness (QED) is 0.931. The molecule has 0 saturated heterocycles. The van der Waals surface area contributed by atoms with Gasteiger partial charge in [-0.05, 0) is 25.8 Å². The van der Waals surface area contributed by atoms with Gasteiger partial charge in [0.15, 0.2) is 5.03 Å². The first-order chi connectivity index (χ1) is 9.91. The van der Waals surface area contributed by atoms with Gasteiger partial charge >= 0.3 is 0 Å². The molecule has 2 aromatic heterocycles. The van der Waals surface area contributed by atoms with Gasteiger partial charge in [0.05, 0.1) is 5.54 Å². The number of sulfonamides is 1. The van der Waals surface area contributed by atoms with Gasteiger partial charge in [-0.25, -0.2) is 13.4 Å². The Hall–Kier alpha value is -1.25. The van der Waals surface area contributed by atoms with Crippen LogP contribution in [0.5, 0.6) is 0 Å². The summed E-state index contributed by atoms with van der Waals surface area (Å²) in [6.07, 6.45) is 5.20. The molecule has 1 aliphatic rings. The molecule has 1 aliphatic carbocycles. The number of nitrogens with one attached hydrogen (secondary N) is 1. The van der Waals surface area contributed by atoms with Gasteiger partial charge in [0.25, 0.3) is 10.0 Å². The number of aryl methyl sites for hydroxylation is 2. The monoisotopic (exact) mass is 326 g/mol. The Labute approximate surface area is 128 Å². The first kappa shape index (κ1) is 14.7. The maximum Gasteiger partial charge on any atom is 0.260 e. The Bertz CT molecular complexity index is 742. The van der Waals surface area contributed by atoms with Crippen molar-refractivity contribution in [1.82, 2.24) is 19.5 Å². The van der Waals surface area contributed by atoms with E-state index in [9.17, 15) is 8.42 Å². The zero-order chi connectivity index (χ0) is 15.1. The molecule has 0 aliphatic heterocycles. The molecule has 0 spiro atoms. The molecule has 21 heavy (non-hydrogen) atoms. The Balaban J connectivity index is 1.96. The summed E-state index contributed by atoms with van der Waals surface area (Å²) in [5.41, 5.74) is 0.355. The van der Waals surface area contributed by atoms with Gasteiger partial charge in [-0.3, -0.25) is 4.68 Å². The second-order valence-corrected chi connectivity index (χ2v) is 8.00. The molecule has 1 N–H and O–H groups in total. The van der Waals surface area contributed by atoms with E-state index < -0.39 is 15.6 Å². The van der Waals surface area contributed by atoms with Crippen LogP contribution in [0.1, 0.15) is 36.4 Å². The fraction of sp³-hybridized carbons (Fsp3) is 0.538. The van der Waals surface area contributed by atoms with E-state index in [0.29, 0.717) is 0 Å². The highest BCUT2D eigenvalue weighted by Crippen LogP contribution is 2.41. The second-order valence-electron chi connectivity index (χ2n) is 5.52. The highest BCUT2D eigenvalue weighted by Gasteiger charge is 2.42. The summed E-state index contributed by atoms with van der Waals surface area (Å²) >= 11 is 1.52. The smallest absolute Gasteiger partial charge is 0.260 e. The molecule has 0 radical (unpaired) electrons. The fourth-order valence-corrected chi connectivity index (χ4v) is 5.23. The zero-order valence-electron chi connectivity index (χ0n) is 12.0.